The number of rotatable bonds is 6. The van der Waals surface area contributed by atoms with E-state index in [0.717, 1.165) is 27.5 Å². The average molecular weight is 401 g/mol. The second-order valence-electron chi connectivity index (χ2n) is 6.40. The summed E-state index contributed by atoms with van der Waals surface area (Å²) in [5.41, 5.74) is 9.66. The molecular formula is C22H19N5OS. The maximum absolute atomic E-state index is 12.3. The van der Waals surface area contributed by atoms with Gasteiger partial charge in [-0.3, -0.25) is 4.79 Å². The fourth-order valence-electron chi connectivity index (χ4n) is 2.86. The Morgan fingerprint density at radius 1 is 1.00 bits per heavy atom. The van der Waals surface area contributed by atoms with Gasteiger partial charge < -0.3 is 16.4 Å². The second-order valence-corrected chi connectivity index (χ2v) is 7.43. The Bertz CT molecular complexity index is 1130. The number of carbonyl (C=O) groups is 1. The highest BCUT2D eigenvalue weighted by Crippen LogP contribution is 2.23. The number of nitrogens with one attached hydrogen (secondary N) is 2. The summed E-state index contributed by atoms with van der Waals surface area (Å²) < 4.78 is 0. The third kappa shape index (κ3) is 4.97. The summed E-state index contributed by atoms with van der Waals surface area (Å²) in [5.74, 6) is 0.427. The first-order chi connectivity index (χ1) is 14.2. The number of benzene rings is 2. The molecule has 0 saturated carbocycles. The molecule has 1 amide bonds. The van der Waals surface area contributed by atoms with Crippen LogP contribution in [0.2, 0.25) is 0 Å². The molecule has 4 aromatic rings. The van der Waals surface area contributed by atoms with Crippen LogP contribution in [0.25, 0.3) is 11.3 Å². The number of aromatic nitrogens is 2. The molecule has 0 unspecified atom stereocenters. The zero-order chi connectivity index (χ0) is 20.1. The normalized spacial score (nSPS) is 10.5. The maximum atomic E-state index is 12.3. The average Bonchev–Trinajstić information content (AvgIpc) is 3.21. The van der Waals surface area contributed by atoms with Crippen LogP contribution < -0.4 is 16.4 Å². The van der Waals surface area contributed by atoms with Crippen molar-refractivity contribution in [2.45, 2.75) is 6.42 Å². The smallest absolute Gasteiger partial charge is 0.229 e. The van der Waals surface area contributed by atoms with Crippen molar-refractivity contribution in [2.24, 2.45) is 0 Å². The summed E-state index contributed by atoms with van der Waals surface area (Å²) >= 11 is 1.57. The minimum Gasteiger partial charge on any atom is -0.399 e. The van der Waals surface area contributed by atoms with Crippen LogP contribution in [0, 0.1) is 0 Å². The van der Waals surface area contributed by atoms with E-state index in [9.17, 15) is 4.79 Å². The number of amides is 1. The van der Waals surface area contributed by atoms with Crippen LogP contribution in [0.5, 0.6) is 0 Å². The molecule has 6 nitrogen and oxygen atoms in total. The zero-order valence-electron chi connectivity index (χ0n) is 15.5. The van der Waals surface area contributed by atoms with E-state index in [-0.39, 0.29) is 5.91 Å². The van der Waals surface area contributed by atoms with Gasteiger partial charge in [0.15, 0.2) is 0 Å². The fraction of sp³-hybridized carbons (Fsp3) is 0.0455. The molecule has 0 bridgehead atoms. The van der Waals surface area contributed by atoms with Crippen molar-refractivity contribution in [1.82, 2.24) is 9.97 Å². The Balaban J connectivity index is 1.49. The number of hydrogen-bond donors (Lipinski definition) is 3. The number of hydrogen-bond acceptors (Lipinski definition) is 6. The molecule has 0 aliphatic rings. The van der Waals surface area contributed by atoms with E-state index in [2.05, 4.69) is 20.6 Å². The highest BCUT2D eigenvalue weighted by molar-refractivity contribution is 7.10. The summed E-state index contributed by atoms with van der Waals surface area (Å²) in [5, 5.41) is 8.07. The maximum Gasteiger partial charge on any atom is 0.229 e. The Morgan fingerprint density at radius 2 is 1.86 bits per heavy atom. The molecule has 2 heterocycles. The Labute approximate surface area is 172 Å². The molecule has 0 aliphatic carbocycles. The predicted octanol–water partition coefficient (Wildman–Crippen LogP) is 4.71. The van der Waals surface area contributed by atoms with E-state index < -0.39 is 0 Å². The van der Waals surface area contributed by atoms with E-state index >= 15 is 0 Å². The Kier molecular flexibility index (Phi) is 5.49. The largest absolute Gasteiger partial charge is 0.399 e. The van der Waals surface area contributed by atoms with Gasteiger partial charge in [0.25, 0.3) is 0 Å². The minimum atomic E-state index is -0.0451. The Hall–Kier alpha value is -3.71. The monoisotopic (exact) mass is 401 g/mol. The van der Waals surface area contributed by atoms with Crippen molar-refractivity contribution in [3.63, 3.8) is 0 Å². The van der Waals surface area contributed by atoms with E-state index in [1.165, 1.54) is 0 Å². The van der Waals surface area contributed by atoms with Gasteiger partial charge in [-0.15, -0.1) is 11.3 Å². The minimum absolute atomic E-state index is 0.0451. The molecule has 0 saturated heterocycles. The number of anilines is 4. The van der Waals surface area contributed by atoms with Gasteiger partial charge in [0.1, 0.15) is 0 Å². The van der Waals surface area contributed by atoms with Gasteiger partial charge in [-0.05, 0) is 47.8 Å². The number of nitrogens with two attached hydrogens (primary N) is 1. The van der Waals surface area contributed by atoms with Gasteiger partial charge in [0.05, 0.1) is 12.1 Å². The van der Waals surface area contributed by atoms with Gasteiger partial charge in [-0.1, -0.05) is 24.3 Å². The number of nitrogens with zero attached hydrogens (tertiary/aromatic N) is 2. The first-order valence-electron chi connectivity index (χ1n) is 9.04. The zero-order valence-corrected chi connectivity index (χ0v) is 16.3. The van der Waals surface area contributed by atoms with E-state index in [4.69, 9.17) is 5.73 Å². The fourth-order valence-corrected chi connectivity index (χ4v) is 3.56. The summed E-state index contributed by atoms with van der Waals surface area (Å²) in [7, 11) is 0. The second kappa shape index (κ2) is 8.53. The molecular weight excluding hydrogens is 382 g/mol. The number of carbonyl (C=O) groups excluding carboxylic acids is 1. The molecule has 0 spiro atoms. The molecule has 7 heteroatoms. The molecule has 0 fully saturated rings. The lowest BCUT2D eigenvalue weighted by molar-refractivity contribution is -0.115. The lowest BCUT2D eigenvalue weighted by Gasteiger charge is -2.09. The van der Waals surface area contributed by atoms with Gasteiger partial charge >= 0.3 is 0 Å². The van der Waals surface area contributed by atoms with E-state index in [1.807, 2.05) is 72.1 Å². The van der Waals surface area contributed by atoms with Crippen LogP contribution in [0.1, 0.15) is 4.88 Å². The van der Waals surface area contributed by atoms with Crippen LogP contribution in [-0.2, 0) is 11.2 Å². The molecule has 144 valence electrons. The van der Waals surface area contributed by atoms with Crippen molar-refractivity contribution >= 4 is 40.3 Å². The van der Waals surface area contributed by atoms with Gasteiger partial charge in [0, 0.05) is 33.7 Å². The van der Waals surface area contributed by atoms with Crippen LogP contribution in [0.4, 0.5) is 23.0 Å². The van der Waals surface area contributed by atoms with E-state index in [1.54, 1.807) is 17.5 Å². The van der Waals surface area contributed by atoms with Gasteiger partial charge in [0.2, 0.25) is 11.9 Å². The first-order valence-corrected chi connectivity index (χ1v) is 9.92. The molecule has 2 aromatic heterocycles. The SMILES string of the molecule is Nc1cccc(Nc2nccc(-c3cccc(NC(=O)Cc4cccs4)c3)n2)c1. The quantitative estimate of drug-likeness (QED) is 0.407. The van der Waals surface area contributed by atoms with Crippen molar-refractivity contribution in [1.29, 1.82) is 0 Å². The third-order valence-corrected chi connectivity index (χ3v) is 5.03. The standard InChI is InChI=1S/C22H19N5OS/c23-16-5-2-7-18(13-16)26-22-24-10-9-20(27-22)15-4-1-6-17(12-15)25-21(28)14-19-8-3-11-29-19/h1-13H,14,23H2,(H,25,28)(H,24,26,27). The lowest BCUT2D eigenvalue weighted by Crippen LogP contribution is -2.13. The van der Waals surface area contributed by atoms with Crippen LogP contribution in [0.3, 0.4) is 0 Å². The summed E-state index contributed by atoms with van der Waals surface area (Å²) in [4.78, 5) is 22.1. The highest BCUT2D eigenvalue weighted by atomic mass is 32.1. The van der Waals surface area contributed by atoms with Crippen molar-refractivity contribution in [3.8, 4) is 11.3 Å². The van der Waals surface area contributed by atoms with Crippen LogP contribution >= 0.6 is 11.3 Å². The summed E-state index contributed by atoms with van der Waals surface area (Å²) in [6, 6.07) is 20.7. The van der Waals surface area contributed by atoms with Crippen LogP contribution in [-0.4, -0.2) is 15.9 Å². The molecule has 0 atom stereocenters. The van der Waals surface area contributed by atoms with Crippen molar-refractivity contribution in [3.05, 3.63) is 83.2 Å². The lowest BCUT2D eigenvalue weighted by atomic mass is 10.1. The summed E-state index contributed by atoms with van der Waals surface area (Å²) in [6.45, 7) is 0. The molecule has 4 N–H and O–H groups in total. The topological polar surface area (TPSA) is 92.9 Å². The van der Waals surface area contributed by atoms with E-state index in [0.29, 0.717) is 18.1 Å². The number of thiophene rings is 1. The first kappa shape index (κ1) is 18.6. The summed E-state index contributed by atoms with van der Waals surface area (Å²) in [6.07, 6.45) is 2.06. The predicted molar refractivity (Wildman–Crippen MR) is 118 cm³/mol. The van der Waals surface area contributed by atoms with Crippen molar-refractivity contribution < 1.29 is 4.79 Å². The van der Waals surface area contributed by atoms with Gasteiger partial charge in [-0.2, -0.15) is 0 Å². The third-order valence-electron chi connectivity index (χ3n) is 4.16. The molecule has 4 rings (SSSR count). The Morgan fingerprint density at radius 3 is 2.69 bits per heavy atom. The molecule has 2 aromatic carbocycles. The molecule has 29 heavy (non-hydrogen) atoms. The van der Waals surface area contributed by atoms with Crippen molar-refractivity contribution in [2.75, 3.05) is 16.4 Å². The molecule has 0 radical (unpaired) electrons. The highest BCUT2D eigenvalue weighted by Gasteiger charge is 2.08. The number of nitrogen functional groups attached to an aromatic ring is 1. The van der Waals surface area contributed by atoms with Gasteiger partial charge in [-0.25, -0.2) is 9.97 Å². The molecule has 0 aliphatic heterocycles. The van der Waals surface area contributed by atoms with Crippen LogP contribution in [0.15, 0.2) is 78.3 Å².